The van der Waals surface area contributed by atoms with Crippen LogP contribution in [-0.4, -0.2) is 17.3 Å². The van der Waals surface area contributed by atoms with Crippen molar-refractivity contribution < 1.29 is 14.4 Å². The van der Waals surface area contributed by atoms with E-state index in [1.54, 1.807) is 60.7 Å². The highest BCUT2D eigenvalue weighted by molar-refractivity contribution is 6.50. The Balaban J connectivity index is 1.95. The summed E-state index contributed by atoms with van der Waals surface area (Å²) >= 11 is 0. The van der Waals surface area contributed by atoms with Crippen LogP contribution in [0.2, 0.25) is 0 Å². The fourth-order valence-corrected chi connectivity index (χ4v) is 2.90. The predicted molar refractivity (Wildman–Crippen MR) is 106 cm³/mol. The standard InChI is InChI=1S/C24H20O3/c1-16(2)17-12-14-19(15-13-17)22(25)20-10-6-7-11-21(20)24(27)23(26)18-8-4-3-5-9-18/h3-16H,1-2H3. The molecule has 0 atom stereocenters. The van der Waals surface area contributed by atoms with Crippen LogP contribution >= 0.6 is 0 Å². The number of ketones is 3. The molecule has 134 valence electrons. The molecule has 3 nitrogen and oxygen atoms in total. The summed E-state index contributed by atoms with van der Waals surface area (Å²) in [6.07, 6.45) is 0. The van der Waals surface area contributed by atoms with Crippen LogP contribution in [0.3, 0.4) is 0 Å². The van der Waals surface area contributed by atoms with Crippen LogP contribution in [-0.2, 0) is 0 Å². The van der Waals surface area contributed by atoms with E-state index in [-0.39, 0.29) is 16.9 Å². The molecule has 0 saturated heterocycles. The summed E-state index contributed by atoms with van der Waals surface area (Å²) in [4.78, 5) is 38.2. The van der Waals surface area contributed by atoms with Crippen LogP contribution in [0.1, 0.15) is 62.0 Å². The van der Waals surface area contributed by atoms with E-state index in [0.29, 0.717) is 17.0 Å². The summed E-state index contributed by atoms with van der Waals surface area (Å²) in [5.41, 5.74) is 2.31. The van der Waals surface area contributed by atoms with Gasteiger partial charge in [0, 0.05) is 22.3 Å². The van der Waals surface area contributed by atoms with Crippen molar-refractivity contribution in [3.05, 3.63) is 107 Å². The normalized spacial score (nSPS) is 10.6. The third kappa shape index (κ3) is 3.93. The molecular weight excluding hydrogens is 336 g/mol. The number of carbonyl (C=O) groups excluding carboxylic acids is 3. The fourth-order valence-electron chi connectivity index (χ4n) is 2.90. The molecule has 0 aliphatic heterocycles. The van der Waals surface area contributed by atoms with E-state index in [9.17, 15) is 14.4 Å². The van der Waals surface area contributed by atoms with Crippen LogP contribution < -0.4 is 0 Å². The van der Waals surface area contributed by atoms with Gasteiger partial charge in [0.1, 0.15) is 0 Å². The molecule has 0 aromatic heterocycles. The molecule has 0 spiro atoms. The Kier molecular flexibility index (Phi) is 5.41. The van der Waals surface area contributed by atoms with Crippen molar-refractivity contribution in [1.82, 2.24) is 0 Å². The Morgan fingerprint density at radius 3 is 1.74 bits per heavy atom. The van der Waals surface area contributed by atoms with Gasteiger partial charge in [-0.1, -0.05) is 92.7 Å². The zero-order chi connectivity index (χ0) is 19.4. The summed E-state index contributed by atoms with van der Waals surface area (Å²) < 4.78 is 0. The van der Waals surface area contributed by atoms with Crippen LogP contribution in [0.5, 0.6) is 0 Å². The minimum atomic E-state index is -0.677. The van der Waals surface area contributed by atoms with Crippen LogP contribution in [0.4, 0.5) is 0 Å². The van der Waals surface area contributed by atoms with Gasteiger partial charge in [-0.25, -0.2) is 0 Å². The first kappa shape index (κ1) is 18.5. The lowest BCUT2D eigenvalue weighted by atomic mass is 9.92. The summed E-state index contributed by atoms with van der Waals surface area (Å²) in [6, 6.07) is 22.2. The van der Waals surface area contributed by atoms with E-state index in [0.717, 1.165) is 5.56 Å². The van der Waals surface area contributed by atoms with Crippen LogP contribution in [0, 0.1) is 0 Å². The van der Waals surface area contributed by atoms with Crippen LogP contribution in [0.25, 0.3) is 0 Å². The molecule has 27 heavy (non-hydrogen) atoms. The van der Waals surface area contributed by atoms with Crippen LogP contribution in [0.15, 0.2) is 78.9 Å². The van der Waals surface area contributed by atoms with Gasteiger partial charge in [-0.2, -0.15) is 0 Å². The molecule has 0 unspecified atom stereocenters. The van der Waals surface area contributed by atoms with Crippen molar-refractivity contribution in [3.8, 4) is 0 Å². The lowest BCUT2D eigenvalue weighted by molar-refractivity contribution is 0.0815. The number of carbonyl (C=O) groups is 3. The molecule has 0 N–H and O–H groups in total. The van der Waals surface area contributed by atoms with E-state index in [4.69, 9.17) is 0 Å². The second-order valence-corrected chi connectivity index (χ2v) is 6.68. The van der Waals surface area contributed by atoms with Crippen molar-refractivity contribution >= 4 is 17.3 Å². The highest BCUT2D eigenvalue weighted by Crippen LogP contribution is 2.20. The van der Waals surface area contributed by atoms with Gasteiger partial charge in [-0.15, -0.1) is 0 Å². The zero-order valence-corrected chi connectivity index (χ0v) is 15.3. The van der Waals surface area contributed by atoms with Crippen molar-refractivity contribution in [3.63, 3.8) is 0 Å². The van der Waals surface area contributed by atoms with Crippen molar-refractivity contribution in [1.29, 1.82) is 0 Å². The monoisotopic (exact) mass is 356 g/mol. The Bertz CT molecular complexity index is 984. The van der Waals surface area contributed by atoms with Gasteiger partial charge in [0.15, 0.2) is 5.78 Å². The molecule has 0 aliphatic rings. The number of rotatable bonds is 6. The molecule has 3 aromatic carbocycles. The molecule has 0 aliphatic carbocycles. The Labute approximate surface area is 158 Å². The van der Waals surface area contributed by atoms with Gasteiger partial charge < -0.3 is 0 Å². The molecule has 0 radical (unpaired) electrons. The quantitative estimate of drug-likeness (QED) is 0.456. The molecule has 0 amide bonds. The first-order valence-electron chi connectivity index (χ1n) is 8.87. The van der Waals surface area contributed by atoms with Crippen molar-refractivity contribution in [2.45, 2.75) is 19.8 Å². The first-order valence-corrected chi connectivity index (χ1v) is 8.87. The average Bonchev–Trinajstić information content (AvgIpc) is 2.73. The van der Waals surface area contributed by atoms with E-state index in [1.165, 1.54) is 6.07 Å². The smallest absolute Gasteiger partial charge is 0.234 e. The zero-order valence-electron chi connectivity index (χ0n) is 15.3. The number of hydrogen-bond donors (Lipinski definition) is 0. The van der Waals surface area contributed by atoms with E-state index >= 15 is 0 Å². The fraction of sp³-hybridized carbons (Fsp3) is 0.125. The second-order valence-electron chi connectivity index (χ2n) is 6.68. The molecule has 0 bridgehead atoms. The van der Waals surface area contributed by atoms with E-state index < -0.39 is 11.6 Å². The highest BCUT2D eigenvalue weighted by atomic mass is 16.2. The van der Waals surface area contributed by atoms with E-state index in [2.05, 4.69) is 13.8 Å². The summed E-state index contributed by atoms with van der Waals surface area (Å²) in [5, 5.41) is 0. The molecule has 0 fully saturated rings. The molecular formula is C24H20O3. The van der Waals surface area contributed by atoms with Gasteiger partial charge in [0.05, 0.1) is 0 Å². The van der Waals surface area contributed by atoms with Crippen molar-refractivity contribution in [2.24, 2.45) is 0 Å². The minimum Gasteiger partial charge on any atom is -0.289 e. The largest absolute Gasteiger partial charge is 0.289 e. The molecule has 3 heteroatoms. The van der Waals surface area contributed by atoms with Gasteiger partial charge in [0.25, 0.3) is 0 Å². The van der Waals surface area contributed by atoms with Crippen molar-refractivity contribution in [2.75, 3.05) is 0 Å². The number of Topliss-reactive ketones (excluding diaryl/α,β-unsaturated/α-hetero) is 2. The highest BCUT2D eigenvalue weighted by Gasteiger charge is 2.24. The summed E-state index contributed by atoms with van der Waals surface area (Å²) in [7, 11) is 0. The number of hydrogen-bond acceptors (Lipinski definition) is 3. The molecule has 0 heterocycles. The van der Waals surface area contributed by atoms with Gasteiger partial charge >= 0.3 is 0 Å². The topological polar surface area (TPSA) is 51.2 Å². The maximum Gasteiger partial charge on any atom is 0.234 e. The number of benzene rings is 3. The van der Waals surface area contributed by atoms with Gasteiger partial charge in [0.2, 0.25) is 11.6 Å². The molecule has 3 aromatic rings. The predicted octanol–water partition coefficient (Wildman–Crippen LogP) is 5.11. The third-order valence-corrected chi connectivity index (χ3v) is 4.50. The molecule has 3 rings (SSSR count). The average molecular weight is 356 g/mol. The third-order valence-electron chi connectivity index (χ3n) is 4.50. The SMILES string of the molecule is CC(C)c1ccc(C(=O)c2ccccc2C(=O)C(=O)c2ccccc2)cc1. The summed E-state index contributed by atoms with van der Waals surface area (Å²) in [5.74, 6) is -1.20. The van der Waals surface area contributed by atoms with Gasteiger partial charge in [-0.05, 0) is 11.5 Å². The molecule has 0 saturated carbocycles. The van der Waals surface area contributed by atoms with E-state index in [1.807, 2.05) is 12.1 Å². The lowest BCUT2D eigenvalue weighted by Gasteiger charge is -2.09. The second kappa shape index (κ2) is 7.92. The Hall–Kier alpha value is -3.33. The van der Waals surface area contributed by atoms with Gasteiger partial charge in [-0.3, -0.25) is 14.4 Å². The lowest BCUT2D eigenvalue weighted by Crippen LogP contribution is -2.18. The maximum atomic E-state index is 12.9. The minimum absolute atomic E-state index is 0.129. The Morgan fingerprint density at radius 2 is 1.15 bits per heavy atom. The first-order chi connectivity index (χ1) is 13.0. The maximum absolute atomic E-state index is 12.9. The Morgan fingerprint density at radius 1 is 0.593 bits per heavy atom. The summed E-state index contributed by atoms with van der Waals surface area (Å²) in [6.45, 7) is 4.17.